The molecule has 0 saturated heterocycles. The third kappa shape index (κ3) is 7.20. The van der Waals surface area contributed by atoms with Gasteiger partial charge in [0.25, 0.3) is 5.91 Å². The predicted molar refractivity (Wildman–Crippen MR) is 117 cm³/mol. The van der Waals surface area contributed by atoms with E-state index in [1.54, 1.807) is 6.07 Å². The summed E-state index contributed by atoms with van der Waals surface area (Å²) in [6.07, 6.45) is 2.84. The summed E-state index contributed by atoms with van der Waals surface area (Å²) in [6, 6.07) is 13.9. The van der Waals surface area contributed by atoms with E-state index in [4.69, 9.17) is 0 Å². The molecule has 0 unspecified atom stereocenters. The highest BCUT2D eigenvalue weighted by Crippen LogP contribution is 2.14. The summed E-state index contributed by atoms with van der Waals surface area (Å²) in [5.41, 5.74) is 3.35. The summed E-state index contributed by atoms with van der Waals surface area (Å²) < 4.78 is 0. The molecule has 1 aromatic carbocycles. The van der Waals surface area contributed by atoms with E-state index in [0.29, 0.717) is 17.9 Å². The van der Waals surface area contributed by atoms with Gasteiger partial charge in [0.1, 0.15) is 17.6 Å². The van der Waals surface area contributed by atoms with Gasteiger partial charge in [-0.25, -0.2) is 4.98 Å². The molecule has 0 radical (unpaired) electrons. The lowest BCUT2D eigenvalue weighted by atomic mass is 10.1. The molecule has 6 heteroatoms. The Morgan fingerprint density at radius 3 is 2.69 bits per heavy atom. The molecule has 6 nitrogen and oxygen atoms in total. The van der Waals surface area contributed by atoms with Crippen LogP contribution in [-0.2, 0) is 13.0 Å². The number of anilines is 1. The molecule has 0 spiro atoms. The molecule has 0 saturated carbocycles. The standard InChI is InChI=1S/C23H31N5O/c1-4-12-28(3)22-15-20(14-21(16-24)27-22)23(29)26-11-7-10-25-17-19-9-6-8-18(5-2)13-19/h6,8-9,13-15,25H,4-5,7,10-12,17H2,1-3H3,(H,26,29). The monoisotopic (exact) mass is 393 g/mol. The summed E-state index contributed by atoms with van der Waals surface area (Å²) in [7, 11) is 1.91. The Labute approximate surface area is 174 Å². The van der Waals surface area contributed by atoms with Crippen molar-refractivity contribution in [2.45, 2.75) is 39.7 Å². The fourth-order valence-electron chi connectivity index (χ4n) is 3.06. The Bertz CT molecular complexity index is 843. The molecule has 1 amide bonds. The van der Waals surface area contributed by atoms with Crippen molar-refractivity contribution >= 4 is 11.7 Å². The van der Waals surface area contributed by atoms with Gasteiger partial charge in [0.2, 0.25) is 0 Å². The number of aryl methyl sites for hydroxylation is 1. The maximum absolute atomic E-state index is 12.5. The zero-order valence-corrected chi connectivity index (χ0v) is 17.7. The van der Waals surface area contributed by atoms with E-state index < -0.39 is 0 Å². The molecule has 2 aromatic rings. The molecule has 2 N–H and O–H groups in total. The second-order valence-corrected chi connectivity index (χ2v) is 7.09. The molecule has 1 heterocycles. The number of benzene rings is 1. The Morgan fingerprint density at radius 1 is 1.17 bits per heavy atom. The van der Waals surface area contributed by atoms with Gasteiger partial charge in [0.05, 0.1) is 0 Å². The van der Waals surface area contributed by atoms with Crippen molar-refractivity contribution in [1.29, 1.82) is 5.26 Å². The summed E-state index contributed by atoms with van der Waals surface area (Å²) in [5, 5.41) is 15.6. The molecule has 29 heavy (non-hydrogen) atoms. The molecular formula is C23H31N5O. The molecular weight excluding hydrogens is 362 g/mol. The van der Waals surface area contributed by atoms with Gasteiger partial charge in [0.15, 0.2) is 0 Å². The van der Waals surface area contributed by atoms with Gasteiger partial charge < -0.3 is 15.5 Å². The van der Waals surface area contributed by atoms with Gasteiger partial charge in [-0.15, -0.1) is 0 Å². The van der Waals surface area contributed by atoms with E-state index in [9.17, 15) is 10.1 Å². The summed E-state index contributed by atoms with van der Waals surface area (Å²) >= 11 is 0. The Morgan fingerprint density at radius 2 is 1.97 bits per heavy atom. The van der Waals surface area contributed by atoms with Crippen molar-refractivity contribution in [2.24, 2.45) is 0 Å². The molecule has 1 aromatic heterocycles. The van der Waals surface area contributed by atoms with Gasteiger partial charge in [-0.2, -0.15) is 5.26 Å². The number of nitrogens with one attached hydrogen (secondary N) is 2. The number of hydrogen-bond acceptors (Lipinski definition) is 5. The SMILES string of the molecule is CCCN(C)c1cc(C(=O)NCCCNCc2cccc(CC)c2)cc(C#N)n1. The van der Waals surface area contributed by atoms with Crippen LogP contribution in [0.15, 0.2) is 36.4 Å². The average molecular weight is 394 g/mol. The molecule has 0 aliphatic rings. The molecule has 0 fully saturated rings. The molecule has 0 aliphatic carbocycles. The van der Waals surface area contributed by atoms with E-state index in [-0.39, 0.29) is 11.6 Å². The summed E-state index contributed by atoms with van der Waals surface area (Å²) in [5.74, 6) is 0.470. The maximum Gasteiger partial charge on any atom is 0.251 e. The van der Waals surface area contributed by atoms with Crippen LogP contribution in [0, 0.1) is 11.3 Å². The van der Waals surface area contributed by atoms with Crippen molar-refractivity contribution in [3.63, 3.8) is 0 Å². The van der Waals surface area contributed by atoms with Crippen LogP contribution >= 0.6 is 0 Å². The van der Waals surface area contributed by atoms with Crippen LogP contribution in [-0.4, -0.2) is 37.6 Å². The first kappa shape index (κ1) is 22.4. The number of nitriles is 1. The minimum absolute atomic E-state index is 0.175. The third-order valence-electron chi connectivity index (χ3n) is 4.68. The van der Waals surface area contributed by atoms with Gasteiger partial charge >= 0.3 is 0 Å². The van der Waals surface area contributed by atoms with Gasteiger partial charge in [-0.1, -0.05) is 38.1 Å². The molecule has 0 aliphatic heterocycles. The van der Waals surface area contributed by atoms with E-state index in [1.807, 2.05) is 18.0 Å². The second-order valence-electron chi connectivity index (χ2n) is 7.09. The maximum atomic E-state index is 12.5. The van der Waals surface area contributed by atoms with E-state index in [0.717, 1.165) is 38.9 Å². The Kier molecular flexibility index (Phi) is 9.13. The average Bonchev–Trinajstić information content (AvgIpc) is 2.75. The zero-order valence-electron chi connectivity index (χ0n) is 17.7. The number of amides is 1. The van der Waals surface area contributed by atoms with Crippen LogP contribution in [0.4, 0.5) is 5.82 Å². The highest BCUT2D eigenvalue weighted by atomic mass is 16.1. The van der Waals surface area contributed by atoms with Crippen molar-refractivity contribution in [1.82, 2.24) is 15.6 Å². The van der Waals surface area contributed by atoms with Crippen LogP contribution in [0.5, 0.6) is 0 Å². The first-order chi connectivity index (χ1) is 14.1. The quantitative estimate of drug-likeness (QED) is 0.573. The minimum atomic E-state index is -0.175. The van der Waals surface area contributed by atoms with Crippen LogP contribution in [0.1, 0.15) is 53.9 Å². The normalized spacial score (nSPS) is 10.4. The van der Waals surface area contributed by atoms with Crippen molar-refractivity contribution in [3.8, 4) is 6.07 Å². The van der Waals surface area contributed by atoms with E-state index in [1.165, 1.54) is 17.2 Å². The first-order valence-electron chi connectivity index (χ1n) is 10.3. The van der Waals surface area contributed by atoms with Crippen LogP contribution in [0.25, 0.3) is 0 Å². The first-order valence-corrected chi connectivity index (χ1v) is 10.3. The second kappa shape index (κ2) is 11.8. The lowest BCUT2D eigenvalue weighted by Crippen LogP contribution is -2.28. The van der Waals surface area contributed by atoms with Crippen molar-refractivity contribution < 1.29 is 4.79 Å². The lowest BCUT2D eigenvalue weighted by molar-refractivity contribution is 0.0953. The molecule has 2 rings (SSSR count). The highest BCUT2D eigenvalue weighted by Gasteiger charge is 2.12. The van der Waals surface area contributed by atoms with Crippen LogP contribution in [0.2, 0.25) is 0 Å². The van der Waals surface area contributed by atoms with Crippen LogP contribution in [0.3, 0.4) is 0 Å². The van der Waals surface area contributed by atoms with E-state index >= 15 is 0 Å². The highest BCUT2D eigenvalue weighted by molar-refractivity contribution is 5.95. The molecule has 0 atom stereocenters. The number of hydrogen-bond donors (Lipinski definition) is 2. The number of nitrogens with zero attached hydrogens (tertiary/aromatic N) is 3. The number of aromatic nitrogens is 1. The Balaban J connectivity index is 1.80. The number of carbonyl (C=O) groups is 1. The number of pyridine rings is 1. The smallest absolute Gasteiger partial charge is 0.251 e. The van der Waals surface area contributed by atoms with Crippen LogP contribution < -0.4 is 15.5 Å². The summed E-state index contributed by atoms with van der Waals surface area (Å²) in [6.45, 7) is 7.27. The topological polar surface area (TPSA) is 81.0 Å². The number of carbonyl (C=O) groups excluding carboxylic acids is 1. The van der Waals surface area contributed by atoms with Gasteiger partial charge in [-0.3, -0.25) is 4.79 Å². The molecule has 0 bridgehead atoms. The predicted octanol–water partition coefficient (Wildman–Crippen LogP) is 3.27. The fourth-order valence-corrected chi connectivity index (χ4v) is 3.06. The van der Waals surface area contributed by atoms with E-state index in [2.05, 4.69) is 53.7 Å². The zero-order chi connectivity index (χ0) is 21.1. The third-order valence-corrected chi connectivity index (χ3v) is 4.68. The van der Waals surface area contributed by atoms with Gasteiger partial charge in [0, 0.05) is 32.2 Å². The minimum Gasteiger partial charge on any atom is -0.360 e. The lowest BCUT2D eigenvalue weighted by Gasteiger charge is -2.18. The fraction of sp³-hybridized carbons (Fsp3) is 0.435. The summed E-state index contributed by atoms with van der Waals surface area (Å²) in [4.78, 5) is 18.7. The van der Waals surface area contributed by atoms with Crippen molar-refractivity contribution in [3.05, 3.63) is 58.8 Å². The number of rotatable bonds is 11. The largest absolute Gasteiger partial charge is 0.360 e. The van der Waals surface area contributed by atoms with Crippen molar-refractivity contribution in [2.75, 3.05) is 31.6 Å². The molecule has 154 valence electrons. The van der Waals surface area contributed by atoms with Gasteiger partial charge in [-0.05, 0) is 49.1 Å². The Hall–Kier alpha value is -2.91.